The minimum absolute atomic E-state index is 0.573. The molecule has 1 unspecified atom stereocenters. The van der Waals surface area contributed by atoms with Crippen LogP contribution in [0.5, 0.6) is 5.75 Å². The predicted molar refractivity (Wildman–Crippen MR) is 158 cm³/mol. The molecule has 0 bridgehead atoms. The first kappa shape index (κ1) is 24.8. The van der Waals surface area contributed by atoms with E-state index in [1.165, 1.54) is 22.8 Å². The molecule has 0 saturated carbocycles. The molecule has 0 aliphatic rings. The number of aliphatic hydroxyl groups is 1. The van der Waals surface area contributed by atoms with Crippen molar-refractivity contribution >= 4 is 28.7 Å². The number of hydrogen-bond donors (Lipinski definition) is 1. The first-order valence-corrected chi connectivity index (χ1v) is 12.6. The van der Waals surface area contributed by atoms with Gasteiger partial charge in [-0.2, -0.15) is 0 Å². The number of anilines is 3. The summed E-state index contributed by atoms with van der Waals surface area (Å²) in [5.74, 6) is 0.573. The van der Waals surface area contributed by atoms with Crippen molar-refractivity contribution in [2.45, 2.75) is 6.29 Å². The highest BCUT2D eigenvalue weighted by Crippen LogP contribution is 2.36. The Morgan fingerprint density at radius 2 is 1.05 bits per heavy atom. The van der Waals surface area contributed by atoms with E-state index in [0.717, 1.165) is 22.6 Å². The van der Waals surface area contributed by atoms with Crippen molar-refractivity contribution in [3.05, 3.63) is 169 Å². The van der Waals surface area contributed by atoms with E-state index >= 15 is 0 Å². The summed E-state index contributed by atoms with van der Waals surface area (Å²) in [6.07, 6.45) is 2.54. The standard InChI is InChI=1S/C35H29NO2/c1-2-35(37)38-33-24-22-32(23-25-33)36(30-16-10-5-11-17-30)31-20-18-27(19-21-31)26-34(28-12-6-3-7-13-28)29-14-8-4-9-15-29/h2-26,35,37H,1H2. The van der Waals surface area contributed by atoms with Crippen LogP contribution in [0.25, 0.3) is 11.6 Å². The third kappa shape index (κ3) is 5.92. The summed E-state index contributed by atoms with van der Waals surface area (Å²) in [6.45, 7) is 3.55. The molecule has 3 heteroatoms. The Hall–Kier alpha value is -4.86. The van der Waals surface area contributed by atoms with Crippen molar-refractivity contribution in [3.8, 4) is 5.75 Å². The van der Waals surface area contributed by atoms with Gasteiger partial charge in [0.1, 0.15) is 5.75 Å². The van der Waals surface area contributed by atoms with Gasteiger partial charge in [0, 0.05) is 17.1 Å². The number of hydrogen-bond acceptors (Lipinski definition) is 3. The summed E-state index contributed by atoms with van der Waals surface area (Å²) >= 11 is 0. The normalized spacial score (nSPS) is 11.3. The van der Waals surface area contributed by atoms with Gasteiger partial charge in [0.15, 0.2) is 0 Å². The molecule has 1 N–H and O–H groups in total. The number of aliphatic hydroxyl groups excluding tert-OH is 1. The van der Waals surface area contributed by atoms with Gasteiger partial charge in [-0.15, -0.1) is 0 Å². The molecule has 38 heavy (non-hydrogen) atoms. The first-order chi connectivity index (χ1) is 18.7. The van der Waals surface area contributed by atoms with E-state index in [0.29, 0.717) is 5.75 Å². The molecule has 0 radical (unpaired) electrons. The minimum atomic E-state index is -1.04. The zero-order valence-electron chi connectivity index (χ0n) is 21.0. The molecular weight excluding hydrogens is 466 g/mol. The van der Waals surface area contributed by atoms with Gasteiger partial charge in [0.25, 0.3) is 0 Å². The molecule has 0 heterocycles. The fourth-order valence-corrected chi connectivity index (χ4v) is 4.34. The van der Waals surface area contributed by atoms with Crippen LogP contribution in [0.3, 0.4) is 0 Å². The van der Waals surface area contributed by atoms with Crippen LogP contribution >= 0.6 is 0 Å². The molecule has 0 aromatic heterocycles. The third-order valence-electron chi connectivity index (χ3n) is 6.20. The molecule has 186 valence electrons. The molecule has 0 fully saturated rings. The molecule has 5 rings (SSSR count). The van der Waals surface area contributed by atoms with Crippen LogP contribution < -0.4 is 9.64 Å². The van der Waals surface area contributed by atoms with Gasteiger partial charge in [-0.25, -0.2) is 0 Å². The number of nitrogens with zero attached hydrogens (tertiary/aromatic N) is 1. The maximum Gasteiger partial charge on any atom is 0.216 e. The van der Waals surface area contributed by atoms with Crippen molar-refractivity contribution in [3.63, 3.8) is 0 Å². The second-order valence-corrected chi connectivity index (χ2v) is 8.79. The molecule has 0 saturated heterocycles. The highest BCUT2D eigenvalue weighted by atomic mass is 16.6. The van der Waals surface area contributed by atoms with Crippen molar-refractivity contribution in [2.75, 3.05) is 4.90 Å². The summed E-state index contributed by atoms with van der Waals surface area (Å²) in [4.78, 5) is 2.19. The Bertz CT molecular complexity index is 1440. The molecule has 0 aliphatic carbocycles. The van der Waals surface area contributed by atoms with Crippen LogP contribution in [0, 0.1) is 0 Å². The van der Waals surface area contributed by atoms with Crippen LogP contribution in [-0.2, 0) is 0 Å². The number of benzene rings is 5. The smallest absolute Gasteiger partial charge is 0.216 e. The maximum absolute atomic E-state index is 9.72. The van der Waals surface area contributed by atoms with E-state index in [4.69, 9.17) is 4.74 Å². The van der Waals surface area contributed by atoms with Crippen LogP contribution in [0.1, 0.15) is 16.7 Å². The highest BCUT2D eigenvalue weighted by Gasteiger charge is 2.13. The molecule has 5 aromatic carbocycles. The SMILES string of the molecule is C=CC(O)Oc1ccc(N(c2ccccc2)c2ccc(C=C(c3ccccc3)c3ccccc3)cc2)cc1. The Kier molecular flexibility index (Phi) is 7.78. The fourth-order valence-electron chi connectivity index (χ4n) is 4.34. The Labute approximate surface area is 224 Å². The van der Waals surface area contributed by atoms with Gasteiger partial charge < -0.3 is 14.7 Å². The quantitative estimate of drug-likeness (QED) is 0.126. The predicted octanol–water partition coefficient (Wildman–Crippen LogP) is 8.63. The van der Waals surface area contributed by atoms with Crippen LogP contribution in [0.4, 0.5) is 17.1 Å². The zero-order chi connectivity index (χ0) is 26.2. The van der Waals surface area contributed by atoms with E-state index in [2.05, 4.69) is 102 Å². The monoisotopic (exact) mass is 495 g/mol. The molecule has 1 atom stereocenters. The summed E-state index contributed by atoms with van der Waals surface area (Å²) in [5.41, 5.74) is 7.71. The van der Waals surface area contributed by atoms with E-state index in [-0.39, 0.29) is 0 Å². The van der Waals surface area contributed by atoms with Gasteiger partial charge in [-0.3, -0.25) is 0 Å². The second kappa shape index (κ2) is 11.9. The first-order valence-electron chi connectivity index (χ1n) is 12.6. The highest BCUT2D eigenvalue weighted by molar-refractivity contribution is 5.91. The molecule has 0 aliphatic heterocycles. The van der Waals surface area contributed by atoms with E-state index in [1.807, 2.05) is 54.6 Å². The van der Waals surface area contributed by atoms with E-state index in [1.54, 1.807) is 0 Å². The molecule has 5 aromatic rings. The molecular formula is C35H29NO2. The summed E-state index contributed by atoms with van der Waals surface area (Å²) < 4.78 is 5.45. The largest absolute Gasteiger partial charge is 0.461 e. The Morgan fingerprint density at radius 1 is 0.605 bits per heavy atom. The Balaban J connectivity index is 1.50. The van der Waals surface area contributed by atoms with Gasteiger partial charge in [-0.05, 0) is 82.9 Å². The lowest BCUT2D eigenvalue weighted by molar-refractivity contribution is 0.0251. The minimum Gasteiger partial charge on any atom is -0.461 e. The van der Waals surface area contributed by atoms with Crippen molar-refractivity contribution < 1.29 is 9.84 Å². The fraction of sp³-hybridized carbons (Fsp3) is 0.0286. The Morgan fingerprint density at radius 3 is 1.55 bits per heavy atom. The maximum atomic E-state index is 9.72. The van der Waals surface area contributed by atoms with Crippen LogP contribution in [0.2, 0.25) is 0 Å². The summed E-state index contributed by atoms with van der Waals surface area (Å²) in [6, 6.07) is 47.4. The van der Waals surface area contributed by atoms with Crippen LogP contribution in [-0.4, -0.2) is 11.4 Å². The summed E-state index contributed by atoms with van der Waals surface area (Å²) in [5, 5.41) is 9.72. The third-order valence-corrected chi connectivity index (χ3v) is 6.20. The van der Waals surface area contributed by atoms with Crippen molar-refractivity contribution in [2.24, 2.45) is 0 Å². The van der Waals surface area contributed by atoms with Crippen LogP contribution in [0.15, 0.2) is 152 Å². The number of para-hydroxylation sites is 1. The van der Waals surface area contributed by atoms with Gasteiger partial charge >= 0.3 is 0 Å². The zero-order valence-corrected chi connectivity index (χ0v) is 21.0. The number of rotatable bonds is 9. The lowest BCUT2D eigenvalue weighted by Gasteiger charge is -2.26. The summed E-state index contributed by atoms with van der Waals surface area (Å²) in [7, 11) is 0. The van der Waals surface area contributed by atoms with E-state index in [9.17, 15) is 5.11 Å². The lowest BCUT2D eigenvalue weighted by atomic mass is 9.95. The molecule has 3 nitrogen and oxygen atoms in total. The topological polar surface area (TPSA) is 32.7 Å². The number of ether oxygens (including phenoxy) is 1. The lowest BCUT2D eigenvalue weighted by Crippen LogP contribution is -2.12. The van der Waals surface area contributed by atoms with Gasteiger partial charge in [-0.1, -0.05) is 97.6 Å². The molecule has 0 amide bonds. The van der Waals surface area contributed by atoms with Gasteiger partial charge in [0.2, 0.25) is 6.29 Å². The van der Waals surface area contributed by atoms with Crippen molar-refractivity contribution in [1.29, 1.82) is 0 Å². The van der Waals surface area contributed by atoms with E-state index < -0.39 is 6.29 Å². The van der Waals surface area contributed by atoms with Crippen molar-refractivity contribution in [1.82, 2.24) is 0 Å². The second-order valence-electron chi connectivity index (χ2n) is 8.79. The average Bonchev–Trinajstić information content (AvgIpc) is 2.99. The average molecular weight is 496 g/mol. The molecule has 0 spiro atoms. The van der Waals surface area contributed by atoms with Gasteiger partial charge in [0.05, 0.1) is 0 Å².